The SMILES string of the molecule is CC1[C@H]2C[C@H]([C@H]([S+]([O])(=O)O[NH3+])C2=O)C1(C)C. The Labute approximate surface area is 96.1 Å². The third-order valence-corrected chi connectivity index (χ3v) is 6.24. The van der Waals surface area contributed by atoms with Gasteiger partial charge in [-0.3, -0.25) is 4.79 Å². The van der Waals surface area contributed by atoms with Crippen LogP contribution in [0, 0.1) is 23.2 Å². The van der Waals surface area contributed by atoms with Gasteiger partial charge in [-0.1, -0.05) is 20.8 Å². The zero-order valence-electron chi connectivity index (χ0n) is 9.76. The molecule has 2 unspecified atom stereocenters. The Morgan fingerprint density at radius 3 is 2.50 bits per heavy atom. The van der Waals surface area contributed by atoms with Crippen LogP contribution in [0.5, 0.6) is 0 Å². The Bertz CT molecular complexity index is 381. The lowest BCUT2D eigenvalue weighted by Gasteiger charge is -2.36. The number of ketones is 1. The number of fused-ring (bicyclic) bond motifs is 2. The van der Waals surface area contributed by atoms with E-state index in [1.54, 1.807) is 0 Å². The summed E-state index contributed by atoms with van der Waals surface area (Å²) < 4.78 is 27.7. The maximum atomic E-state index is 12.0. The normalized spacial score (nSPS) is 44.7. The predicted octanol–water partition coefficient (Wildman–Crippen LogP) is 0.170. The fourth-order valence-electron chi connectivity index (χ4n) is 3.34. The van der Waals surface area contributed by atoms with E-state index in [9.17, 15) is 13.6 Å². The molecule has 91 valence electrons. The summed E-state index contributed by atoms with van der Waals surface area (Å²) in [6.45, 7) is 6.08. The van der Waals surface area contributed by atoms with Gasteiger partial charge in [-0.25, -0.2) is 0 Å². The van der Waals surface area contributed by atoms with Crippen LogP contribution >= 0.6 is 0 Å². The van der Waals surface area contributed by atoms with Crippen molar-refractivity contribution in [2.24, 2.45) is 23.2 Å². The smallest absolute Gasteiger partial charge is 0.293 e. The van der Waals surface area contributed by atoms with Gasteiger partial charge in [0, 0.05) is 16.1 Å². The molecule has 0 saturated heterocycles. The molecule has 3 N–H and O–H groups in total. The molecule has 2 bridgehead atoms. The van der Waals surface area contributed by atoms with Gasteiger partial charge in [0.1, 0.15) is 0 Å². The maximum absolute atomic E-state index is 12.0. The van der Waals surface area contributed by atoms with Gasteiger partial charge in [0.15, 0.2) is 5.78 Å². The minimum absolute atomic E-state index is 0.130. The molecule has 2 aliphatic carbocycles. The molecule has 1 radical (unpaired) electrons. The van der Waals surface area contributed by atoms with Crippen LogP contribution in [0.15, 0.2) is 0 Å². The summed E-state index contributed by atoms with van der Waals surface area (Å²) in [7, 11) is -3.83. The molecular weight excluding hydrogens is 230 g/mol. The molecule has 2 fully saturated rings. The number of carbonyl (C=O) groups excluding carboxylic acids is 1. The quantitative estimate of drug-likeness (QED) is 0.558. The fraction of sp³-hybridized carbons (Fsp3) is 0.900. The van der Waals surface area contributed by atoms with E-state index in [0.717, 1.165) is 0 Å². The van der Waals surface area contributed by atoms with Gasteiger partial charge in [0.25, 0.3) is 5.25 Å². The van der Waals surface area contributed by atoms with Crippen molar-refractivity contribution in [3.63, 3.8) is 0 Å². The summed E-state index contributed by atoms with van der Waals surface area (Å²) in [5.41, 5.74) is -0.130. The van der Waals surface area contributed by atoms with Gasteiger partial charge in [-0.2, -0.15) is 5.90 Å². The first-order valence-electron chi connectivity index (χ1n) is 5.44. The number of carbonyl (C=O) groups is 1. The van der Waals surface area contributed by atoms with Gasteiger partial charge >= 0.3 is 10.5 Å². The van der Waals surface area contributed by atoms with Crippen LogP contribution in [0.4, 0.5) is 0 Å². The van der Waals surface area contributed by atoms with E-state index in [-0.39, 0.29) is 29.0 Å². The highest BCUT2D eigenvalue weighted by Crippen LogP contribution is 2.59. The Morgan fingerprint density at radius 2 is 2.06 bits per heavy atom. The van der Waals surface area contributed by atoms with Gasteiger partial charge in [0.2, 0.25) is 0 Å². The van der Waals surface area contributed by atoms with Crippen LogP contribution in [0.3, 0.4) is 0 Å². The van der Waals surface area contributed by atoms with Crippen molar-refractivity contribution in [2.75, 3.05) is 0 Å². The van der Waals surface area contributed by atoms with E-state index in [4.69, 9.17) is 0 Å². The van der Waals surface area contributed by atoms with Crippen LogP contribution in [-0.2, 0) is 28.3 Å². The van der Waals surface area contributed by atoms with Crippen molar-refractivity contribution in [3.05, 3.63) is 0 Å². The molecule has 2 saturated carbocycles. The van der Waals surface area contributed by atoms with E-state index in [2.05, 4.69) is 10.2 Å². The lowest BCUT2D eigenvalue weighted by atomic mass is 9.69. The van der Waals surface area contributed by atoms with Crippen molar-refractivity contribution in [3.8, 4) is 0 Å². The van der Waals surface area contributed by atoms with Crippen LogP contribution in [0.25, 0.3) is 0 Å². The molecule has 6 heteroatoms. The first-order valence-corrected chi connectivity index (χ1v) is 6.92. The van der Waals surface area contributed by atoms with Gasteiger partial charge in [-0.15, -0.1) is 0 Å². The standard InChI is InChI=1S/C10H18NO4S/c1-5-6-4-7(10(5,2)3)9(8(6)12)16(13,14)15-11/h5-7,9H,4H2,1-3,11H3/q+2/t5?,6-,7-,9+/m1/s1. The average Bonchev–Trinajstić information content (AvgIpc) is 2.64. The van der Waals surface area contributed by atoms with Crippen molar-refractivity contribution in [1.82, 2.24) is 0 Å². The summed E-state index contributed by atoms with van der Waals surface area (Å²) in [6, 6.07) is 0. The number of Topliss-reactive ketones (excluding diaryl/α,β-unsaturated/α-hetero) is 1. The molecule has 0 heterocycles. The monoisotopic (exact) mass is 248 g/mol. The summed E-state index contributed by atoms with van der Waals surface area (Å²) >= 11 is 0. The maximum Gasteiger partial charge on any atom is 0.459 e. The molecular formula is C10H18NO4S+2. The van der Waals surface area contributed by atoms with Crippen molar-refractivity contribution in [1.29, 1.82) is 0 Å². The summed E-state index contributed by atoms with van der Waals surface area (Å²) in [5.74, 6) is 2.74. The molecule has 5 atom stereocenters. The van der Waals surface area contributed by atoms with Crippen LogP contribution in [0.1, 0.15) is 27.2 Å². The Balaban J connectivity index is 2.40. The zero-order valence-corrected chi connectivity index (χ0v) is 10.6. The number of quaternary nitrogens is 1. The third-order valence-electron chi connectivity index (χ3n) is 4.73. The topological polar surface area (TPSA) is 90.9 Å². The van der Waals surface area contributed by atoms with Gasteiger partial charge in [0.05, 0.1) is 4.55 Å². The Hall–Kier alpha value is -0.300. The highest BCUT2D eigenvalue weighted by molar-refractivity contribution is 7.94. The highest BCUT2D eigenvalue weighted by atomic mass is 32.3. The lowest BCUT2D eigenvalue weighted by Crippen LogP contribution is -2.59. The van der Waals surface area contributed by atoms with E-state index in [1.165, 1.54) is 0 Å². The largest absolute Gasteiger partial charge is 0.459 e. The van der Waals surface area contributed by atoms with Crippen LogP contribution < -0.4 is 5.90 Å². The van der Waals surface area contributed by atoms with E-state index >= 15 is 0 Å². The Kier molecular flexibility index (Phi) is 2.55. The minimum atomic E-state index is -3.83. The molecule has 0 aromatic carbocycles. The lowest BCUT2D eigenvalue weighted by molar-refractivity contribution is -0.637. The highest BCUT2D eigenvalue weighted by Gasteiger charge is 2.70. The molecule has 0 spiro atoms. The number of hydrogen-bond acceptors (Lipinski definition) is 3. The third kappa shape index (κ3) is 1.33. The number of rotatable bonds is 2. The van der Waals surface area contributed by atoms with Crippen molar-refractivity contribution < 1.29 is 23.7 Å². The van der Waals surface area contributed by atoms with Crippen molar-refractivity contribution in [2.45, 2.75) is 32.4 Å². The second-order valence-corrected chi connectivity index (χ2v) is 7.22. The molecule has 16 heavy (non-hydrogen) atoms. The number of hydrogen-bond donors (Lipinski definition) is 1. The zero-order chi connectivity index (χ0) is 12.3. The first-order chi connectivity index (χ1) is 7.23. The molecule has 0 aromatic heterocycles. The van der Waals surface area contributed by atoms with Crippen molar-refractivity contribution >= 4 is 16.3 Å². The van der Waals surface area contributed by atoms with Crippen LogP contribution in [-0.4, -0.2) is 11.0 Å². The molecule has 0 amide bonds. The average molecular weight is 248 g/mol. The van der Waals surface area contributed by atoms with E-state index < -0.39 is 15.7 Å². The second kappa shape index (κ2) is 3.35. The fourth-order valence-corrected chi connectivity index (χ4v) is 4.81. The molecule has 0 aliphatic heterocycles. The second-order valence-electron chi connectivity index (χ2n) is 5.49. The molecule has 5 nitrogen and oxygen atoms in total. The van der Waals surface area contributed by atoms with Gasteiger partial charge in [-0.05, 0) is 22.0 Å². The van der Waals surface area contributed by atoms with E-state index in [0.29, 0.717) is 6.42 Å². The summed E-state index contributed by atoms with van der Waals surface area (Å²) in [5, 5.41) is -0.999. The van der Waals surface area contributed by atoms with E-state index in [1.807, 2.05) is 20.8 Å². The summed E-state index contributed by atoms with van der Waals surface area (Å²) in [4.78, 5) is 12.0. The summed E-state index contributed by atoms with van der Waals surface area (Å²) in [6.07, 6.45) is 0.667. The molecule has 2 rings (SSSR count). The van der Waals surface area contributed by atoms with Gasteiger partial charge < -0.3 is 0 Å². The minimum Gasteiger partial charge on any atom is -0.293 e. The molecule has 2 aliphatic rings. The predicted molar refractivity (Wildman–Crippen MR) is 56.0 cm³/mol. The first kappa shape index (κ1) is 12.2. The molecule has 0 aromatic rings. The Morgan fingerprint density at radius 1 is 1.50 bits per heavy atom. The van der Waals surface area contributed by atoms with Crippen LogP contribution in [0.2, 0.25) is 0 Å².